The molecule has 0 aromatic carbocycles. The van der Waals surface area contributed by atoms with Crippen molar-refractivity contribution >= 4 is 24.3 Å². The zero-order valence-electron chi connectivity index (χ0n) is 6.82. The molecule has 1 atom stereocenters. The van der Waals surface area contributed by atoms with Gasteiger partial charge in [-0.05, 0) is 12.3 Å². The van der Waals surface area contributed by atoms with Gasteiger partial charge in [-0.1, -0.05) is 6.92 Å². The summed E-state index contributed by atoms with van der Waals surface area (Å²) in [5.41, 5.74) is 0. The highest BCUT2D eigenvalue weighted by Gasteiger charge is 2.08. The van der Waals surface area contributed by atoms with Crippen molar-refractivity contribution in [3.8, 4) is 0 Å². The van der Waals surface area contributed by atoms with Crippen LogP contribution in [0.4, 0.5) is 0 Å². The summed E-state index contributed by atoms with van der Waals surface area (Å²) in [5, 5.41) is 16.6. The molecule has 0 heterocycles. The van der Waals surface area contributed by atoms with E-state index in [4.69, 9.17) is 10.2 Å². The molecule has 72 valence electrons. The maximum absolute atomic E-state index is 10.1. The lowest BCUT2D eigenvalue weighted by Gasteiger charge is -2.04. The van der Waals surface area contributed by atoms with Crippen molar-refractivity contribution in [2.75, 3.05) is 0 Å². The van der Waals surface area contributed by atoms with Crippen LogP contribution in [0.15, 0.2) is 0 Å². The van der Waals surface area contributed by atoms with E-state index in [0.717, 1.165) is 0 Å². The minimum absolute atomic E-state index is 0. The van der Waals surface area contributed by atoms with E-state index in [0.29, 0.717) is 6.42 Å². The van der Waals surface area contributed by atoms with Gasteiger partial charge in [-0.25, -0.2) is 0 Å². The average molecular weight is 197 g/mol. The van der Waals surface area contributed by atoms with Crippen molar-refractivity contribution in [2.45, 2.75) is 26.2 Å². The van der Waals surface area contributed by atoms with Gasteiger partial charge in [0.25, 0.3) is 0 Å². The molecule has 0 rings (SSSR count). The van der Waals surface area contributed by atoms with Crippen LogP contribution in [0.3, 0.4) is 0 Å². The SMILES string of the molecule is CC(CCC(=O)O)CC(=O)O.Cl. The van der Waals surface area contributed by atoms with Crippen molar-refractivity contribution in [2.24, 2.45) is 5.92 Å². The molecular weight excluding hydrogens is 184 g/mol. The van der Waals surface area contributed by atoms with Crippen molar-refractivity contribution in [1.82, 2.24) is 0 Å². The predicted molar refractivity (Wildman–Crippen MR) is 45.5 cm³/mol. The van der Waals surface area contributed by atoms with Crippen LogP contribution in [0.5, 0.6) is 0 Å². The summed E-state index contributed by atoms with van der Waals surface area (Å²) in [6, 6.07) is 0. The summed E-state index contributed by atoms with van der Waals surface area (Å²) >= 11 is 0. The monoisotopic (exact) mass is 196 g/mol. The van der Waals surface area contributed by atoms with E-state index in [1.54, 1.807) is 6.92 Å². The van der Waals surface area contributed by atoms with Crippen LogP contribution in [-0.4, -0.2) is 22.2 Å². The molecule has 0 saturated heterocycles. The Morgan fingerprint density at radius 2 is 1.75 bits per heavy atom. The summed E-state index contributed by atoms with van der Waals surface area (Å²) < 4.78 is 0. The fourth-order valence-corrected chi connectivity index (χ4v) is 0.770. The largest absolute Gasteiger partial charge is 0.481 e. The van der Waals surface area contributed by atoms with Gasteiger partial charge in [0.15, 0.2) is 0 Å². The van der Waals surface area contributed by atoms with Crippen LogP contribution in [0.2, 0.25) is 0 Å². The highest BCUT2D eigenvalue weighted by atomic mass is 35.5. The smallest absolute Gasteiger partial charge is 0.303 e. The Morgan fingerprint density at radius 1 is 1.25 bits per heavy atom. The van der Waals surface area contributed by atoms with Gasteiger partial charge in [0.1, 0.15) is 0 Å². The zero-order chi connectivity index (χ0) is 8.85. The molecule has 0 aliphatic rings. The molecule has 1 unspecified atom stereocenters. The number of halogens is 1. The molecule has 0 aliphatic heterocycles. The van der Waals surface area contributed by atoms with Crippen LogP contribution < -0.4 is 0 Å². The second-order valence-corrected chi connectivity index (χ2v) is 2.64. The summed E-state index contributed by atoms with van der Waals surface area (Å²) in [6.07, 6.45) is 0.531. The molecule has 0 radical (unpaired) electrons. The van der Waals surface area contributed by atoms with E-state index in [1.807, 2.05) is 0 Å². The summed E-state index contributed by atoms with van der Waals surface area (Å²) in [4.78, 5) is 20.1. The first-order valence-electron chi connectivity index (χ1n) is 3.46. The lowest BCUT2D eigenvalue weighted by Crippen LogP contribution is -2.06. The zero-order valence-corrected chi connectivity index (χ0v) is 7.63. The summed E-state index contributed by atoms with van der Waals surface area (Å²) in [6.45, 7) is 1.73. The third kappa shape index (κ3) is 9.23. The molecular formula is C7H13ClO4. The number of carboxylic acids is 2. The van der Waals surface area contributed by atoms with Crippen LogP contribution in [0.25, 0.3) is 0 Å². The minimum atomic E-state index is -0.873. The Morgan fingerprint density at radius 3 is 2.08 bits per heavy atom. The number of hydrogen-bond acceptors (Lipinski definition) is 2. The molecule has 12 heavy (non-hydrogen) atoms. The third-order valence-corrected chi connectivity index (χ3v) is 1.37. The standard InChI is InChI=1S/C7H12O4.ClH/c1-5(4-7(10)11)2-3-6(8)9;/h5H,2-4H2,1H3,(H,8,9)(H,10,11);1H. The third-order valence-electron chi connectivity index (χ3n) is 1.37. The van der Waals surface area contributed by atoms with Gasteiger partial charge in [-0.15, -0.1) is 12.4 Å². The first-order chi connectivity index (χ1) is 5.02. The Bertz CT molecular complexity index is 157. The Kier molecular flexibility index (Phi) is 7.94. The molecule has 0 saturated carbocycles. The molecule has 0 amide bonds. The van der Waals surface area contributed by atoms with E-state index in [9.17, 15) is 9.59 Å². The lowest BCUT2D eigenvalue weighted by atomic mass is 10.0. The van der Waals surface area contributed by atoms with Crippen LogP contribution in [0.1, 0.15) is 26.2 Å². The fraction of sp³-hybridized carbons (Fsp3) is 0.714. The van der Waals surface area contributed by atoms with Gasteiger partial charge in [0.05, 0.1) is 0 Å². The molecule has 0 bridgehead atoms. The normalized spacial score (nSPS) is 11.4. The maximum atomic E-state index is 10.1. The predicted octanol–water partition coefficient (Wildman–Crippen LogP) is 1.38. The van der Waals surface area contributed by atoms with E-state index >= 15 is 0 Å². The average Bonchev–Trinajstić information content (AvgIpc) is 1.82. The second-order valence-electron chi connectivity index (χ2n) is 2.64. The number of carbonyl (C=O) groups is 2. The van der Waals surface area contributed by atoms with E-state index in [1.165, 1.54) is 0 Å². The molecule has 0 aromatic rings. The molecule has 4 nitrogen and oxygen atoms in total. The van der Waals surface area contributed by atoms with E-state index < -0.39 is 11.9 Å². The van der Waals surface area contributed by atoms with Crippen molar-refractivity contribution in [3.05, 3.63) is 0 Å². The van der Waals surface area contributed by atoms with Gasteiger partial charge in [0.2, 0.25) is 0 Å². The number of rotatable bonds is 5. The van der Waals surface area contributed by atoms with Gasteiger partial charge in [0, 0.05) is 12.8 Å². The molecule has 0 aliphatic carbocycles. The first-order valence-corrected chi connectivity index (χ1v) is 3.46. The molecule has 0 fully saturated rings. The number of hydrogen-bond donors (Lipinski definition) is 2. The molecule has 2 N–H and O–H groups in total. The lowest BCUT2D eigenvalue weighted by molar-refractivity contribution is -0.140. The molecule has 5 heteroatoms. The fourth-order valence-electron chi connectivity index (χ4n) is 0.770. The number of carboxylic acid groups (broad SMARTS) is 2. The topological polar surface area (TPSA) is 74.6 Å². The van der Waals surface area contributed by atoms with Crippen molar-refractivity contribution in [1.29, 1.82) is 0 Å². The van der Waals surface area contributed by atoms with Crippen LogP contribution in [-0.2, 0) is 9.59 Å². The highest BCUT2D eigenvalue weighted by molar-refractivity contribution is 5.85. The van der Waals surface area contributed by atoms with Crippen molar-refractivity contribution < 1.29 is 19.8 Å². The molecule has 0 aromatic heterocycles. The van der Waals surface area contributed by atoms with Crippen LogP contribution >= 0.6 is 12.4 Å². The van der Waals surface area contributed by atoms with Crippen molar-refractivity contribution in [3.63, 3.8) is 0 Å². The van der Waals surface area contributed by atoms with Gasteiger partial charge < -0.3 is 10.2 Å². The second kappa shape index (κ2) is 6.91. The Balaban J connectivity index is 0. The van der Waals surface area contributed by atoms with Gasteiger partial charge in [-0.2, -0.15) is 0 Å². The first kappa shape index (κ1) is 13.8. The highest BCUT2D eigenvalue weighted by Crippen LogP contribution is 2.09. The molecule has 0 spiro atoms. The maximum Gasteiger partial charge on any atom is 0.303 e. The minimum Gasteiger partial charge on any atom is -0.481 e. The number of aliphatic carboxylic acids is 2. The Labute approximate surface area is 77.0 Å². The quantitative estimate of drug-likeness (QED) is 0.697. The van der Waals surface area contributed by atoms with E-state index in [2.05, 4.69) is 0 Å². The van der Waals surface area contributed by atoms with Gasteiger partial charge in [-0.3, -0.25) is 9.59 Å². The summed E-state index contributed by atoms with van der Waals surface area (Å²) in [7, 11) is 0. The van der Waals surface area contributed by atoms with Gasteiger partial charge >= 0.3 is 11.9 Å². The summed E-state index contributed by atoms with van der Waals surface area (Å²) in [5.74, 6) is -1.80. The Hall–Kier alpha value is -0.770. The van der Waals surface area contributed by atoms with E-state index in [-0.39, 0.29) is 31.2 Å². The van der Waals surface area contributed by atoms with Crippen LogP contribution in [0, 0.1) is 5.92 Å².